The number of benzene rings is 1. The summed E-state index contributed by atoms with van der Waals surface area (Å²) in [4.78, 5) is 42.7. The maximum atomic E-state index is 12.7. The van der Waals surface area contributed by atoms with Crippen LogP contribution in [0.15, 0.2) is 24.3 Å². The maximum absolute atomic E-state index is 12.7. The van der Waals surface area contributed by atoms with E-state index in [0.29, 0.717) is 25.9 Å². The van der Waals surface area contributed by atoms with Crippen LogP contribution in [0.5, 0.6) is 5.75 Å². The number of methoxy groups -OCH3 is 1. The third-order valence-corrected chi connectivity index (χ3v) is 6.04. The first kappa shape index (κ1) is 21.1. The van der Waals surface area contributed by atoms with Gasteiger partial charge >= 0.3 is 6.03 Å². The number of amides is 4. The molecule has 8 heteroatoms. The van der Waals surface area contributed by atoms with Crippen molar-refractivity contribution in [1.29, 1.82) is 0 Å². The van der Waals surface area contributed by atoms with Crippen LogP contribution in [0.3, 0.4) is 0 Å². The minimum atomic E-state index is -0.867. The van der Waals surface area contributed by atoms with Gasteiger partial charge in [-0.15, -0.1) is 0 Å². The summed E-state index contributed by atoms with van der Waals surface area (Å²) in [5.74, 6) is 0.361. The second-order valence-electron chi connectivity index (χ2n) is 7.62. The lowest BCUT2D eigenvalue weighted by Gasteiger charge is -2.35. The molecule has 1 aromatic carbocycles. The summed E-state index contributed by atoms with van der Waals surface area (Å²) in [5, 5.41) is 2.77. The molecule has 0 bridgehead atoms. The van der Waals surface area contributed by atoms with Crippen molar-refractivity contribution >= 4 is 17.8 Å². The van der Waals surface area contributed by atoms with Crippen molar-refractivity contribution in [3.8, 4) is 5.75 Å². The van der Waals surface area contributed by atoms with Crippen molar-refractivity contribution in [2.24, 2.45) is 0 Å². The van der Waals surface area contributed by atoms with Gasteiger partial charge in [-0.25, -0.2) is 4.79 Å². The average molecular weight is 402 g/mol. The van der Waals surface area contributed by atoms with E-state index in [1.54, 1.807) is 12.0 Å². The highest BCUT2D eigenvalue weighted by molar-refractivity contribution is 6.08. The Hall–Kier alpha value is -2.61. The monoisotopic (exact) mass is 402 g/mol. The molecular formula is C21H30N4O4. The van der Waals surface area contributed by atoms with Crippen LogP contribution in [-0.2, 0) is 16.1 Å². The first-order valence-electron chi connectivity index (χ1n) is 10.2. The Labute approximate surface area is 171 Å². The number of hydrogen-bond acceptors (Lipinski definition) is 5. The Morgan fingerprint density at radius 2 is 1.69 bits per heavy atom. The molecule has 2 fully saturated rings. The molecule has 8 nitrogen and oxygen atoms in total. The SMILES string of the molecule is CCC1(CC)NC(=O)N(CC(=O)N2CCN(Cc3ccc(OC)cc3)CC2)C1=O. The van der Waals surface area contributed by atoms with E-state index in [-0.39, 0.29) is 18.4 Å². The van der Waals surface area contributed by atoms with Crippen LogP contribution < -0.4 is 10.1 Å². The predicted octanol–water partition coefficient (Wildman–Crippen LogP) is 1.45. The first-order chi connectivity index (χ1) is 13.9. The van der Waals surface area contributed by atoms with Gasteiger partial charge in [-0.2, -0.15) is 0 Å². The summed E-state index contributed by atoms with van der Waals surface area (Å²) >= 11 is 0. The van der Waals surface area contributed by atoms with Crippen molar-refractivity contribution in [2.75, 3.05) is 39.8 Å². The number of hydrogen-bond donors (Lipinski definition) is 1. The number of carbonyl (C=O) groups is 3. The molecule has 1 N–H and O–H groups in total. The lowest BCUT2D eigenvalue weighted by Crippen LogP contribution is -2.52. The van der Waals surface area contributed by atoms with E-state index >= 15 is 0 Å². The molecule has 0 atom stereocenters. The number of piperazine rings is 1. The van der Waals surface area contributed by atoms with Crippen molar-refractivity contribution in [1.82, 2.24) is 20.0 Å². The molecule has 0 radical (unpaired) electrons. The van der Waals surface area contributed by atoms with Gasteiger partial charge in [0.2, 0.25) is 5.91 Å². The Kier molecular flexibility index (Phi) is 6.42. The minimum Gasteiger partial charge on any atom is -0.497 e. The molecule has 4 amide bonds. The van der Waals surface area contributed by atoms with E-state index in [4.69, 9.17) is 4.74 Å². The number of nitrogens with one attached hydrogen (secondary N) is 1. The third-order valence-electron chi connectivity index (χ3n) is 6.04. The number of carbonyl (C=O) groups excluding carboxylic acids is 3. The summed E-state index contributed by atoms with van der Waals surface area (Å²) in [7, 11) is 1.65. The molecule has 29 heavy (non-hydrogen) atoms. The predicted molar refractivity (Wildman–Crippen MR) is 108 cm³/mol. The molecule has 2 heterocycles. The fraction of sp³-hybridized carbons (Fsp3) is 0.571. The smallest absolute Gasteiger partial charge is 0.325 e. The fourth-order valence-corrected chi connectivity index (χ4v) is 3.93. The van der Waals surface area contributed by atoms with E-state index in [0.717, 1.165) is 30.3 Å². The number of rotatable bonds is 7. The van der Waals surface area contributed by atoms with Gasteiger partial charge in [0.25, 0.3) is 5.91 Å². The summed E-state index contributed by atoms with van der Waals surface area (Å²) in [5.41, 5.74) is 0.328. The Morgan fingerprint density at radius 1 is 1.07 bits per heavy atom. The van der Waals surface area contributed by atoms with Crippen LogP contribution in [0.2, 0.25) is 0 Å². The van der Waals surface area contributed by atoms with Crippen LogP contribution in [0.4, 0.5) is 4.79 Å². The molecule has 0 aromatic heterocycles. The normalized spacial score (nSPS) is 19.4. The highest BCUT2D eigenvalue weighted by Gasteiger charge is 2.49. The van der Waals surface area contributed by atoms with Crippen molar-refractivity contribution in [3.05, 3.63) is 29.8 Å². The number of imide groups is 1. The van der Waals surface area contributed by atoms with E-state index in [1.807, 2.05) is 38.1 Å². The van der Waals surface area contributed by atoms with E-state index in [2.05, 4.69) is 10.2 Å². The van der Waals surface area contributed by atoms with Crippen molar-refractivity contribution in [2.45, 2.75) is 38.8 Å². The third kappa shape index (κ3) is 4.37. The Balaban J connectivity index is 1.51. The van der Waals surface area contributed by atoms with Gasteiger partial charge in [0.05, 0.1) is 7.11 Å². The summed E-state index contributed by atoms with van der Waals surface area (Å²) < 4.78 is 5.18. The molecule has 0 aliphatic carbocycles. The van der Waals surface area contributed by atoms with Gasteiger partial charge in [0.1, 0.15) is 17.8 Å². The van der Waals surface area contributed by atoms with Gasteiger partial charge in [-0.1, -0.05) is 26.0 Å². The second-order valence-corrected chi connectivity index (χ2v) is 7.62. The van der Waals surface area contributed by atoms with Crippen LogP contribution in [-0.4, -0.2) is 77.9 Å². The highest BCUT2D eigenvalue weighted by Crippen LogP contribution is 2.25. The van der Waals surface area contributed by atoms with Gasteiger partial charge in [-0.3, -0.25) is 19.4 Å². The lowest BCUT2D eigenvalue weighted by atomic mass is 9.93. The van der Waals surface area contributed by atoms with E-state index < -0.39 is 11.6 Å². The fourth-order valence-electron chi connectivity index (χ4n) is 3.93. The molecule has 2 aliphatic heterocycles. The van der Waals surface area contributed by atoms with Crippen molar-refractivity contribution < 1.29 is 19.1 Å². The summed E-state index contributed by atoms with van der Waals surface area (Å²) in [6.07, 6.45) is 1.03. The molecule has 2 aliphatic rings. The van der Waals surface area contributed by atoms with Crippen LogP contribution >= 0.6 is 0 Å². The zero-order valence-corrected chi connectivity index (χ0v) is 17.4. The molecule has 2 saturated heterocycles. The van der Waals surface area contributed by atoms with Gasteiger partial charge in [-0.05, 0) is 30.5 Å². The molecular weight excluding hydrogens is 372 g/mol. The molecule has 0 spiro atoms. The van der Waals surface area contributed by atoms with E-state index in [9.17, 15) is 14.4 Å². The van der Waals surface area contributed by atoms with Crippen LogP contribution in [0.1, 0.15) is 32.3 Å². The van der Waals surface area contributed by atoms with Gasteiger partial charge in [0.15, 0.2) is 0 Å². The average Bonchev–Trinajstić information content (AvgIpc) is 2.99. The number of nitrogens with zero attached hydrogens (tertiary/aromatic N) is 3. The van der Waals surface area contributed by atoms with E-state index in [1.165, 1.54) is 5.56 Å². The van der Waals surface area contributed by atoms with Crippen LogP contribution in [0, 0.1) is 0 Å². The number of ether oxygens (including phenoxy) is 1. The second kappa shape index (κ2) is 8.82. The number of urea groups is 1. The molecule has 3 rings (SSSR count). The van der Waals surface area contributed by atoms with Gasteiger partial charge < -0.3 is 15.0 Å². The van der Waals surface area contributed by atoms with Crippen molar-refractivity contribution in [3.63, 3.8) is 0 Å². The molecule has 1 aromatic rings. The quantitative estimate of drug-likeness (QED) is 0.698. The lowest BCUT2D eigenvalue weighted by molar-refractivity contribution is -0.140. The maximum Gasteiger partial charge on any atom is 0.325 e. The summed E-state index contributed by atoms with van der Waals surface area (Å²) in [6.45, 7) is 7.05. The molecule has 0 unspecified atom stereocenters. The molecule has 0 saturated carbocycles. The minimum absolute atomic E-state index is 0.180. The van der Waals surface area contributed by atoms with Crippen LogP contribution in [0.25, 0.3) is 0 Å². The highest BCUT2D eigenvalue weighted by atomic mass is 16.5. The Morgan fingerprint density at radius 3 is 2.21 bits per heavy atom. The van der Waals surface area contributed by atoms with Gasteiger partial charge in [0, 0.05) is 32.7 Å². The summed E-state index contributed by atoms with van der Waals surface area (Å²) in [6, 6.07) is 7.51. The standard InChI is InChI=1S/C21H30N4O4/c1-4-21(5-2)19(27)25(20(28)22-21)15-18(26)24-12-10-23(11-13-24)14-16-6-8-17(29-3)9-7-16/h6-9H,4-5,10-15H2,1-3H3,(H,22,28). The first-order valence-corrected chi connectivity index (χ1v) is 10.2. The molecule has 158 valence electrons. The largest absolute Gasteiger partial charge is 0.497 e. The topological polar surface area (TPSA) is 82.2 Å². The zero-order chi connectivity index (χ0) is 21.0. The zero-order valence-electron chi connectivity index (χ0n) is 17.4. The Bertz CT molecular complexity index is 752.